The summed E-state index contributed by atoms with van der Waals surface area (Å²) >= 11 is -0.377. The molecule has 0 aromatic heterocycles. The summed E-state index contributed by atoms with van der Waals surface area (Å²) in [6.07, 6.45) is 0. The normalized spacial score (nSPS) is 7.50. The summed E-state index contributed by atoms with van der Waals surface area (Å²) in [6.45, 7) is 4.42. The van der Waals surface area contributed by atoms with Crippen molar-refractivity contribution < 1.29 is 11.0 Å². The van der Waals surface area contributed by atoms with Gasteiger partial charge in [-0.3, -0.25) is 0 Å². The van der Waals surface area contributed by atoms with Gasteiger partial charge in [-0.15, -0.1) is 0 Å². The Morgan fingerprint density at radius 1 is 1.38 bits per heavy atom. The van der Waals surface area contributed by atoms with Crippen LogP contribution in [0, 0.1) is 5.92 Å². The maximum Gasteiger partial charge on any atom is -0.412 e. The van der Waals surface area contributed by atoms with Crippen LogP contribution in [-0.2, 0) is 0 Å². The zero-order chi connectivity index (χ0) is 4.99. The predicted molar refractivity (Wildman–Crippen MR) is 38.5 cm³/mol. The van der Waals surface area contributed by atoms with Crippen molar-refractivity contribution in [1.29, 1.82) is 0 Å². The monoisotopic (exact) mass is 248 g/mol. The first-order valence-corrected chi connectivity index (χ1v) is 7.74. The van der Waals surface area contributed by atoms with Crippen molar-refractivity contribution in [3.63, 3.8) is 0 Å². The number of rotatable bonds is 2. The zero-order valence-electron chi connectivity index (χ0n) is 5.16. The molecule has 0 aromatic carbocycles. The van der Waals surface area contributed by atoms with Crippen molar-refractivity contribution in [2.24, 2.45) is 5.92 Å². The first-order chi connectivity index (χ1) is 2.77. The van der Waals surface area contributed by atoms with Crippen LogP contribution in [0.5, 0.6) is 0 Å². The molecule has 8 heavy (non-hydrogen) atoms. The quantitative estimate of drug-likeness (QED) is 0.629. The zero-order valence-corrected chi connectivity index (χ0v) is 8.77. The largest absolute Gasteiger partial charge is 0.412 e. The summed E-state index contributed by atoms with van der Waals surface area (Å²) in [4.78, 5) is 0. The minimum Gasteiger partial charge on any atom is -0.412 e. The minimum absolute atomic E-state index is 0. The van der Waals surface area contributed by atoms with E-state index in [1.165, 1.54) is 4.44 Å². The van der Waals surface area contributed by atoms with Crippen molar-refractivity contribution in [3.8, 4) is 0 Å². The van der Waals surface area contributed by atoms with Gasteiger partial charge in [-0.05, 0) is 0 Å². The third-order valence-electron chi connectivity index (χ3n) is 0.485. The standard InChI is InChI=1S/C4H9.ClH.2H2O.Sn/c1-4(2)3;;;;/h4H,1H2,2-3H3;1H;2*1H2;/q;;;;+1/p-1. The van der Waals surface area contributed by atoms with Gasteiger partial charge in [0, 0.05) is 0 Å². The predicted octanol–water partition coefficient (Wildman–Crippen LogP) is 0.269. The van der Waals surface area contributed by atoms with Gasteiger partial charge in [0.25, 0.3) is 0 Å². The van der Waals surface area contributed by atoms with E-state index in [1.807, 2.05) is 0 Å². The SMILES string of the molecule is CC(C)[CH2][Sn][Cl].O.O. The average molecular weight is 247 g/mol. The van der Waals surface area contributed by atoms with E-state index < -0.39 is 0 Å². The molecule has 0 amide bonds. The van der Waals surface area contributed by atoms with Gasteiger partial charge in [-0.1, -0.05) is 0 Å². The fourth-order valence-corrected chi connectivity index (χ4v) is 3.11. The molecular weight excluding hydrogens is 234 g/mol. The molecule has 0 aliphatic carbocycles. The molecule has 4 heteroatoms. The Morgan fingerprint density at radius 3 is 1.75 bits per heavy atom. The van der Waals surface area contributed by atoms with E-state index in [0.717, 1.165) is 5.92 Å². The third-order valence-corrected chi connectivity index (χ3v) is 4.29. The fraction of sp³-hybridized carbons (Fsp3) is 1.00. The second-order valence-corrected chi connectivity index (χ2v) is 5.45. The Bertz CT molecular complexity index is 35.2. The Kier molecular flexibility index (Phi) is 21.8. The summed E-state index contributed by atoms with van der Waals surface area (Å²) in [6, 6.07) is 0. The maximum atomic E-state index is 5.57. The van der Waals surface area contributed by atoms with Gasteiger partial charge in [0.2, 0.25) is 0 Å². The van der Waals surface area contributed by atoms with Crippen LogP contribution < -0.4 is 0 Å². The van der Waals surface area contributed by atoms with Crippen molar-refractivity contribution in [1.82, 2.24) is 0 Å². The van der Waals surface area contributed by atoms with Crippen LogP contribution in [0.3, 0.4) is 0 Å². The van der Waals surface area contributed by atoms with Gasteiger partial charge in [0.15, 0.2) is 0 Å². The molecule has 0 saturated heterocycles. The molecule has 0 aromatic rings. The molecule has 2 radical (unpaired) electrons. The Morgan fingerprint density at radius 2 is 1.75 bits per heavy atom. The van der Waals surface area contributed by atoms with Gasteiger partial charge < -0.3 is 11.0 Å². The van der Waals surface area contributed by atoms with Crippen LogP contribution in [0.15, 0.2) is 0 Å². The molecule has 52 valence electrons. The van der Waals surface area contributed by atoms with Crippen LogP contribution in [0.1, 0.15) is 13.8 Å². The summed E-state index contributed by atoms with van der Waals surface area (Å²) < 4.78 is 1.31. The summed E-state index contributed by atoms with van der Waals surface area (Å²) in [5, 5.41) is 0. The second-order valence-electron chi connectivity index (χ2n) is 1.73. The van der Waals surface area contributed by atoms with Gasteiger partial charge in [-0.2, -0.15) is 0 Å². The molecule has 0 aliphatic rings. The van der Waals surface area contributed by atoms with Gasteiger partial charge in [-0.25, -0.2) is 0 Å². The van der Waals surface area contributed by atoms with E-state index >= 15 is 0 Å². The Balaban J connectivity index is -0.000000125. The van der Waals surface area contributed by atoms with Crippen LogP contribution in [-0.4, -0.2) is 31.0 Å². The van der Waals surface area contributed by atoms with Gasteiger partial charge in [0.1, 0.15) is 0 Å². The molecule has 0 fully saturated rings. The van der Waals surface area contributed by atoms with E-state index in [-0.39, 0.29) is 31.0 Å². The molecule has 2 nitrogen and oxygen atoms in total. The first kappa shape index (κ1) is 16.0. The second kappa shape index (κ2) is 10.9. The Hall–Kier alpha value is 1.01. The van der Waals surface area contributed by atoms with Crippen LogP contribution >= 0.6 is 8.92 Å². The maximum absolute atomic E-state index is 5.57. The van der Waals surface area contributed by atoms with Crippen LogP contribution in [0.4, 0.5) is 0 Å². The van der Waals surface area contributed by atoms with Crippen LogP contribution in [0.25, 0.3) is 0 Å². The number of halogens is 1. The summed E-state index contributed by atoms with van der Waals surface area (Å²) in [5.41, 5.74) is 0. The molecule has 0 atom stereocenters. The van der Waals surface area contributed by atoms with E-state index in [0.29, 0.717) is 0 Å². The van der Waals surface area contributed by atoms with Crippen molar-refractivity contribution in [3.05, 3.63) is 0 Å². The number of hydrogen-bond acceptors (Lipinski definition) is 0. The molecule has 0 unspecified atom stereocenters. The van der Waals surface area contributed by atoms with Crippen molar-refractivity contribution >= 4 is 28.9 Å². The van der Waals surface area contributed by atoms with Crippen LogP contribution in [0.2, 0.25) is 4.44 Å². The number of hydrogen-bond donors (Lipinski definition) is 0. The molecule has 0 saturated carbocycles. The van der Waals surface area contributed by atoms with E-state index in [9.17, 15) is 0 Å². The molecule has 0 rings (SSSR count). The molecule has 0 bridgehead atoms. The first-order valence-electron chi connectivity index (χ1n) is 2.11. The molecule has 0 spiro atoms. The topological polar surface area (TPSA) is 63.0 Å². The molecular formula is C4H13ClO2Sn. The van der Waals surface area contributed by atoms with E-state index in [2.05, 4.69) is 13.8 Å². The minimum atomic E-state index is -0.377. The molecule has 4 N–H and O–H groups in total. The van der Waals surface area contributed by atoms with Crippen molar-refractivity contribution in [2.45, 2.75) is 18.3 Å². The Labute approximate surface area is 64.2 Å². The van der Waals surface area contributed by atoms with Gasteiger partial charge >= 0.3 is 53.1 Å². The summed E-state index contributed by atoms with van der Waals surface area (Å²) in [5.74, 6) is 0.842. The summed E-state index contributed by atoms with van der Waals surface area (Å²) in [7, 11) is 5.57. The van der Waals surface area contributed by atoms with Gasteiger partial charge in [0.05, 0.1) is 0 Å². The fourth-order valence-electron chi connectivity index (χ4n) is 0.154. The smallest absolute Gasteiger partial charge is 0.412 e. The molecule has 0 aliphatic heterocycles. The average Bonchev–Trinajstić information content (AvgIpc) is 1.35. The molecule has 0 heterocycles. The van der Waals surface area contributed by atoms with Crippen molar-refractivity contribution in [2.75, 3.05) is 0 Å². The van der Waals surface area contributed by atoms with E-state index in [4.69, 9.17) is 8.92 Å². The third kappa shape index (κ3) is 15.7. The van der Waals surface area contributed by atoms with E-state index in [1.54, 1.807) is 0 Å².